The van der Waals surface area contributed by atoms with Crippen molar-refractivity contribution in [2.45, 2.75) is 57.4 Å². The van der Waals surface area contributed by atoms with E-state index in [9.17, 15) is 18.0 Å². The Morgan fingerprint density at radius 1 is 1.00 bits per heavy atom. The van der Waals surface area contributed by atoms with Crippen LogP contribution in [0.1, 0.15) is 51.2 Å². The normalized spacial score (nSPS) is 22.9. The molecule has 0 saturated carbocycles. The molecule has 1 unspecified atom stereocenters. The minimum absolute atomic E-state index is 0.192. The lowest BCUT2D eigenvalue weighted by molar-refractivity contribution is -0.137. The van der Waals surface area contributed by atoms with E-state index in [0.717, 1.165) is 17.6 Å². The van der Waals surface area contributed by atoms with Gasteiger partial charge in [-0.15, -0.1) is 0 Å². The monoisotopic (exact) mass is 431 g/mol. The van der Waals surface area contributed by atoms with Gasteiger partial charge in [-0.25, -0.2) is 0 Å². The second-order valence-corrected chi connectivity index (χ2v) is 9.13. The quantitative estimate of drug-likeness (QED) is 0.671. The molecule has 2 aromatic rings. The molecule has 4 nitrogen and oxygen atoms in total. The Morgan fingerprint density at radius 3 is 2.19 bits per heavy atom. The Bertz CT molecular complexity index is 972. The van der Waals surface area contributed by atoms with Crippen LogP contribution in [0, 0.1) is 0 Å². The lowest BCUT2D eigenvalue weighted by atomic mass is 9.79. The summed E-state index contributed by atoms with van der Waals surface area (Å²) in [4.78, 5) is 14.6. The van der Waals surface area contributed by atoms with E-state index < -0.39 is 36.0 Å². The summed E-state index contributed by atoms with van der Waals surface area (Å²) < 4.78 is 51.2. The number of nitrogens with zero attached hydrogens (tertiary/aromatic N) is 1. The predicted octanol–water partition coefficient (Wildman–Crippen LogP) is 4.53. The van der Waals surface area contributed by atoms with Crippen LogP contribution < -0.4 is 10.4 Å². The van der Waals surface area contributed by atoms with Gasteiger partial charge in [0.05, 0.1) is 22.7 Å². The van der Waals surface area contributed by atoms with Crippen LogP contribution >= 0.6 is 0 Å². The molecule has 2 aliphatic rings. The minimum Gasteiger partial charge on any atom is -0.399 e. The fourth-order valence-corrected chi connectivity index (χ4v) is 3.97. The number of carbonyl (C=O) groups is 1. The topological polar surface area (TPSA) is 38.8 Å². The summed E-state index contributed by atoms with van der Waals surface area (Å²) in [7, 11) is -0.494. The summed E-state index contributed by atoms with van der Waals surface area (Å²) in [6.45, 7) is 8.39. The van der Waals surface area contributed by atoms with Crippen LogP contribution in [0.5, 0.6) is 0 Å². The van der Waals surface area contributed by atoms with Crippen molar-refractivity contribution in [2.75, 3.05) is 11.4 Å². The summed E-state index contributed by atoms with van der Waals surface area (Å²) in [5.74, 6) is -0.771. The maximum absolute atomic E-state index is 13.0. The molecular weight excluding hydrogens is 406 g/mol. The SMILES string of the molecule is CC1(C)OB(c2ccc(N3CCC(c4cccc(C(F)(F)F)c4)C3=O)cc2)OC1(C)C. The third kappa shape index (κ3) is 3.99. The molecule has 2 heterocycles. The van der Waals surface area contributed by atoms with Gasteiger partial charge in [0.2, 0.25) is 5.91 Å². The second kappa shape index (κ2) is 7.38. The maximum atomic E-state index is 13.0. The van der Waals surface area contributed by atoms with Gasteiger partial charge >= 0.3 is 13.3 Å². The van der Waals surface area contributed by atoms with E-state index in [1.807, 2.05) is 52.0 Å². The molecule has 31 heavy (non-hydrogen) atoms. The smallest absolute Gasteiger partial charge is 0.399 e. The molecule has 2 fully saturated rings. The van der Waals surface area contributed by atoms with Crippen LogP contribution in [0.4, 0.5) is 18.9 Å². The Hall–Kier alpha value is -2.32. The van der Waals surface area contributed by atoms with Crippen LogP contribution in [0.3, 0.4) is 0 Å². The van der Waals surface area contributed by atoms with E-state index in [0.29, 0.717) is 24.2 Å². The molecular formula is C23H25BF3NO3. The summed E-state index contributed by atoms with van der Waals surface area (Å²) in [5, 5.41) is 0. The largest absolute Gasteiger partial charge is 0.494 e. The van der Waals surface area contributed by atoms with Crippen molar-refractivity contribution < 1.29 is 27.3 Å². The summed E-state index contributed by atoms with van der Waals surface area (Å²) in [6.07, 6.45) is -3.96. The first-order chi connectivity index (χ1) is 14.4. The number of anilines is 1. The van der Waals surface area contributed by atoms with Crippen molar-refractivity contribution in [1.82, 2.24) is 0 Å². The Kier molecular flexibility index (Phi) is 5.21. The summed E-state index contributed by atoms with van der Waals surface area (Å²) in [6, 6.07) is 12.4. The minimum atomic E-state index is -4.43. The van der Waals surface area contributed by atoms with Crippen LogP contribution in [-0.4, -0.2) is 30.8 Å². The van der Waals surface area contributed by atoms with Gasteiger partial charge in [0.1, 0.15) is 0 Å². The van der Waals surface area contributed by atoms with E-state index in [2.05, 4.69) is 0 Å². The van der Waals surface area contributed by atoms with Crippen molar-refractivity contribution in [3.8, 4) is 0 Å². The van der Waals surface area contributed by atoms with E-state index >= 15 is 0 Å². The van der Waals surface area contributed by atoms with Crippen molar-refractivity contribution in [3.05, 3.63) is 59.7 Å². The van der Waals surface area contributed by atoms with Crippen molar-refractivity contribution in [2.24, 2.45) is 0 Å². The third-order valence-electron chi connectivity index (χ3n) is 6.55. The predicted molar refractivity (Wildman–Crippen MR) is 113 cm³/mol. The number of halogens is 3. The van der Waals surface area contributed by atoms with E-state index in [1.54, 1.807) is 11.0 Å². The summed E-state index contributed by atoms with van der Waals surface area (Å²) in [5.41, 5.74) is 0.334. The lowest BCUT2D eigenvalue weighted by Crippen LogP contribution is -2.41. The first kappa shape index (κ1) is 21.9. The van der Waals surface area contributed by atoms with Crippen molar-refractivity contribution >= 4 is 24.2 Å². The summed E-state index contributed by atoms with van der Waals surface area (Å²) >= 11 is 0. The Labute approximate surface area is 180 Å². The first-order valence-electron chi connectivity index (χ1n) is 10.3. The van der Waals surface area contributed by atoms with E-state index in [1.165, 1.54) is 6.07 Å². The highest BCUT2D eigenvalue weighted by Gasteiger charge is 2.51. The number of alkyl halides is 3. The van der Waals surface area contributed by atoms with Gasteiger partial charge in [-0.05, 0) is 63.3 Å². The number of hydrogen-bond donors (Lipinski definition) is 0. The van der Waals surface area contributed by atoms with Gasteiger partial charge in [-0.1, -0.05) is 30.3 Å². The molecule has 0 aromatic heterocycles. The van der Waals surface area contributed by atoms with Gasteiger partial charge < -0.3 is 14.2 Å². The van der Waals surface area contributed by atoms with Crippen molar-refractivity contribution in [3.63, 3.8) is 0 Å². The van der Waals surface area contributed by atoms with Gasteiger partial charge in [-0.3, -0.25) is 4.79 Å². The average molecular weight is 431 g/mol. The molecule has 0 radical (unpaired) electrons. The second-order valence-electron chi connectivity index (χ2n) is 9.13. The highest BCUT2D eigenvalue weighted by Crippen LogP contribution is 2.38. The average Bonchev–Trinajstić information content (AvgIpc) is 3.17. The zero-order chi connectivity index (χ0) is 22.6. The molecule has 2 aliphatic heterocycles. The van der Waals surface area contributed by atoms with Crippen LogP contribution in [0.15, 0.2) is 48.5 Å². The van der Waals surface area contributed by atoms with Crippen LogP contribution in [0.2, 0.25) is 0 Å². The number of amides is 1. The number of rotatable bonds is 3. The number of benzene rings is 2. The van der Waals surface area contributed by atoms with Crippen LogP contribution in [0.25, 0.3) is 0 Å². The zero-order valence-electron chi connectivity index (χ0n) is 18.0. The highest BCUT2D eigenvalue weighted by molar-refractivity contribution is 6.62. The standard InChI is InChI=1S/C23H25BF3NO3/c1-21(2)22(3,4)31-24(30-21)17-8-10-18(11-9-17)28-13-12-19(20(28)29)15-6-5-7-16(14-15)23(25,26)27/h5-11,14,19H,12-13H2,1-4H3. The van der Waals surface area contributed by atoms with Gasteiger partial charge in [0.25, 0.3) is 0 Å². The van der Waals surface area contributed by atoms with Crippen molar-refractivity contribution in [1.29, 1.82) is 0 Å². The highest BCUT2D eigenvalue weighted by atomic mass is 19.4. The Morgan fingerprint density at radius 2 is 1.61 bits per heavy atom. The Balaban J connectivity index is 1.50. The molecule has 1 amide bonds. The molecule has 2 saturated heterocycles. The first-order valence-corrected chi connectivity index (χ1v) is 10.3. The molecule has 0 aliphatic carbocycles. The maximum Gasteiger partial charge on any atom is 0.494 e. The fraction of sp³-hybridized carbons (Fsp3) is 0.435. The van der Waals surface area contributed by atoms with Gasteiger partial charge in [0, 0.05) is 12.2 Å². The van der Waals surface area contributed by atoms with Gasteiger partial charge in [-0.2, -0.15) is 13.2 Å². The molecule has 4 rings (SSSR count). The van der Waals surface area contributed by atoms with E-state index in [4.69, 9.17) is 9.31 Å². The zero-order valence-corrected chi connectivity index (χ0v) is 18.0. The lowest BCUT2D eigenvalue weighted by Gasteiger charge is -2.32. The molecule has 0 bridgehead atoms. The number of hydrogen-bond acceptors (Lipinski definition) is 3. The molecule has 0 N–H and O–H groups in total. The molecule has 1 atom stereocenters. The molecule has 0 spiro atoms. The molecule has 2 aromatic carbocycles. The molecule has 164 valence electrons. The molecule has 8 heteroatoms. The van der Waals surface area contributed by atoms with Crippen LogP contribution in [-0.2, 0) is 20.3 Å². The van der Waals surface area contributed by atoms with Gasteiger partial charge in [0.15, 0.2) is 0 Å². The number of carbonyl (C=O) groups excluding carboxylic acids is 1. The fourth-order valence-electron chi connectivity index (χ4n) is 3.97. The third-order valence-corrected chi connectivity index (χ3v) is 6.55. The van der Waals surface area contributed by atoms with E-state index in [-0.39, 0.29) is 5.91 Å².